The summed E-state index contributed by atoms with van der Waals surface area (Å²) in [6.07, 6.45) is 1.83. The summed E-state index contributed by atoms with van der Waals surface area (Å²) in [5.41, 5.74) is 1.58. The van der Waals surface area contributed by atoms with E-state index in [1.165, 1.54) is 24.8 Å². The van der Waals surface area contributed by atoms with Crippen molar-refractivity contribution in [1.29, 1.82) is 0 Å². The molecule has 7 heteroatoms. The van der Waals surface area contributed by atoms with E-state index in [1.807, 2.05) is 30.3 Å². The third-order valence-corrected chi connectivity index (χ3v) is 6.19. The lowest BCUT2D eigenvalue weighted by Crippen LogP contribution is -2.45. The molecule has 0 unspecified atom stereocenters. The normalized spacial score (nSPS) is 14.1. The van der Waals surface area contributed by atoms with Crippen molar-refractivity contribution in [2.75, 3.05) is 13.7 Å². The van der Waals surface area contributed by atoms with Crippen molar-refractivity contribution in [3.63, 3.8) is 0 Å². The second-order valence-corrected chi connectivity index (χ2v) is 10.7. The van der Waals surface area contributed by atoms with Gasteiger partial charge in [0.2, 0.25) is 0 Å². The monoisotopic (exact) mass is 515 g/mol. The molecule has 6 nitrogen and oxygen atoms in total. The Kier molecular flexibility index (Phi) is 12.1. The van der Waals surface area contributed by atoms with Gasteiger partial charge in [0.05, 0.1) is 13.2 Å². The van der Waals surface area contributed by atoms with Crippen molar-refractivity contribution in [2.45, 2.75) is 78.0 Å². The molecule has 204 valence electrons. The Morgan fingerprint density at radius 3 is 2.16 bits per heavy atom. The molecule has 0 aliphatic heterocycles. The number of rotatable bonds is 13. The number of carbonyl (C=O) groups excluding carboxylic acids is 2. The van der Waals surface area contributed by atoms with E-state index in [4.69, 9.17) is 14.2 Å². The van der Waals surface area contributed by atoms with Gasteiger partial charge in [-0.05, 0) is 75.1 Å². The van der Waals surface area contributed by atoms with Crippen LogP contribution in [0.5, 0.6) is 0 Å². The van der Waals surface area contributed by atoms with Crippen molar-refractivity contribution in [2.24, 2.45) is 11.8 Å². The highest BCUT2D eigenvalue weighted by Crippen LogP contribution is 2.27. The van der Waals surface area contributed by atoms with E-state index in [9.17, 15) is 14.0 Å². The maximum atomic E-state index is 13.5. The topological polar surface area (TPSA) is 73.9 Å². The molecule has 1 amide bonds. The van der Waals surface area contributed by atoms with Crippen LogP contribution in [0.2, 0.25) is 0 Å². The molecule has 0 aromatic heterocycles. The summed E-state index contributed by atoms with van der Waals surface area (Å²) >= 11 is 0. The lowest BCUT2D eigenvalue weighted by atomic mass is 9.82. The Morgan fingerprint density at radius 1 is 0.946 bits per heavy atom. The Balaban J connectivity index is 2.13. The molecule has 3 atom stereocenters. The summed E-state index contributed by atoms with van der Waals surface area (Å²) in [4.78, 5) is 24.6. The van der Waals surface area contributed by atoms with Crippen LogP contribution in [0.3, 0.4) is 0 Å². The standard InChI is InChI=1S/C30H42FNO5/c1-21(2)25(20-23-12-15-24(31)16-13-23)27(17-14-22-10-8-7-9-11-22)36-19-18-26(28(33)35-6)32-29(34)37-30(3,4)5/h7-13,15-16,21,25-27H,14,17-20H2,1-6H3,(H,32,34)/t25-,26-,27+/m0/s1. The SMILES string of the molecule is COC(=O)[C@H](CCO[C@H](CCc1ccccc1)[C@@H](Cc1ccc(F)cc1)C(C)C)NC(=O)OC(C)(C)C. The Labute approximate surface area is 220 Å². The van der Waals surface area contributed by atoms with E-state index in [-0.39, 0.29) is 30.9 Å². The van der Waals surface area contributed by atoms with Crippen LogP contribution in [0.1, 0.15) is 58.6 Å². The van der Waals surface area contributed by atoms with Crippen LogP contribution < -0.4 is 5.32 Å². The minimum atomic E-state index is -0.885. The van der Waals surface area contributed by atoms with Crippen LogP contribution in [0.4, 0.5) is 9.18 Å². The smallest absolute Gasteiger partial charge is 0.408 e. The van der Waals surface area contributed by atoms with Crippen molar-refractivity contribution in [3.05, 3.63) is 71.5 Å². The molecular weight excluding hydrogens is 473 g/mol. The zero-order valence-corrected chi connectivity index (χ0v) is 23.0. The van der Waals surface area contributed by atoms with Gasteiger partial charge in [-0.25, -0.2) is 14.0 Å². The highest BCUT2D eigenvalue weighted by Gasteiger charge is 2.28. The summed E-state index contributed by atoms with van der Waals surface area (Å²) in [7, 11) is 1.28. The predicted molar refractivity (Wildman–Crippen MR) is 143 cm³/mol. The van der Waals surface area contributed by atoms with Crippen LogP contribution in [-0.2, 0) is 31.8 Å². The minimum Gasteiger partial charge on any atom is -0.467 e. The molecule has 2 aromatic carbocycles. The number of aryl methyl sites for hydroxylation is 1. The van der Waals surface area contributed by atoms with E-state index >= 15 is 0 Å². The maximum Gasteiger partial charge on any atom is 0.408 e. The van der Waals surface area contributed by atoms with Crippen molar-refractivity contribution in [3.8, 4) is 0 Å². The molecule has 0 spiro atoms. The fourth-order valence-corrected chi connectivity index (χ4v) is 4.24. The van der Waals surface area contributed by atoms with Crippen molar-refractivity contribution >= 4 is 12.1 Å². The molecule has 0 bridgehead atoms. The molecular formula is C30H42FNO5. The van der Waals surface area contributed by atoms with Crippen LogP contribution in [-0.4, -0.2) is 43.5 Å². The first-order chi connectivity index (χ1) is 17.5. The van der Waals surface area contributed by atoms with Gasteiger partial charge in [0.15, 0.2) is 0 Å². The van der Waals surface area contributed by atoms with Crippen LogP contribution in [0.15, 0.2) is 54.6 Å². The largest absolute Gasteiger partial charge is 0.467 e. The first kappa shape index (κ1) is 30.3. The second-order valence-electron chi connectivity index (χ2n) is 10.7. The summed E-state index contributed by atoms with van der Waals surface area (Å²) in [6.45, 7) is 9.85. The molecule has 0 saturated carbocycles. The molecule has 1 N–H and O–H groups in total. The lowest BCUT2D eigenvalue weighted by Gasteiger charge is -2.31. The van der Waals surface area contributed by atoms with Crippen LogP contribution >= 0.6 is 0 Å². The average molecular weight is 516 g/mol. The van der Waals surface area contributed by atoms with E-state index in [1.54, 1.807) is 20.8 Å². The van der Waals surface area contributed by atoms with Gasteiger partial charge in [-0.15, -0.1) is 0 Å². The molecule has 0 saturated heterocycles. The van der Waals surface area contributed by atoms with Crippen molar-refractivity contribution < 1.29 is 28.2 Å². The zero-order chi connectivity index (χ0) is 27.4. The minimum absolute atomic E-state index is 0.106. The highest BCUT2D eigenvalue weighted by atomic mass is 19.1. The first-order valence-electron chi connectivity index (χ1n) is 13.0. The Morgan fingerprint density at radius 2 is 1.59 bits per heavy atom. The molecule has 2 rings (SSSR count). The molecule has 0 aliphatic rings. The van der Waals surface area contributed by atoms with E-state index in [0.717, 1.165) is 24.8 Å². The third-order valence-electron chi connectivity index (χ3n) is 6.19. The van der Waals surface area contributed by atoms with Crippen molar-refractivity contribution in [1.82, 2.24) is 5.32 Å². The molecule has 0 aliphatic carbocycles. The average Bonchev–Trinajstić information content (AvgIpc) is 2.84. The van der Waals surface area contributed by atoms with Gasteiger partial charge in [-0.3, -0.25) is 0 Å². The number of nitrogens with one attached hydrogen (secondary N) is 1. The van der Waals surface area contributed by atoms with Gasteiger partial charge in [-0.1, -0.05) is 56.3 Å². The number of methoxy groups -OCH3 is 1. The van der Waals surface area contributed by atoms with E-state index in [0.29, 0.717) is 5.92 Å². The lowest BCUT2D eigenvalue weighted by molar-refractivity contribution is -0.144. The van der Waals surface area contributed by atoms with Gasteiger partial charge >= 0.3 is 12.1 Å². The number of halogens is 1. The highest BCUT2D eigenvalue weighted by molar-refractivity contribution is 5.81. The molecule has 2 aromatic rings. The van der Waals surface area contributed by atoms with Gasteiger partial charge < -0.3 is 19.5 Å². The summed E-state index contributed by atoms with van der Waals surface area (Å²) < 4.78 is 30.1. The van der Waals surface area contributed by atoms with Crippen LogP contribution in [0, 0.1) is 17.7 Å². The number of ether oxygens (including phenoxy) is 3. The Bertz CT molecular complexity index is 956. The number of hydrogen-bond acceptors (Lipinski definition) is 5. The summed E-state index contributed by atoms with van der Waals surface area (Å²) in [5.74, 6) is -0.332. The quantitative estimate of drug-likeness (QED) is 0.326. The van der Waals surface area contributed by atoms with Gasteiger partial charge in [0, 0.05) is 13.0 Å². The summed E-state index contributed by atoms with van der Waals surface area (Å²) in [5, 5.41) is 2.60. The van der Waals surface area contributed by atoms with E-state index in [2.05, 4.69) is 31.3 Å². The molecule has 0 fully saturated rings. The van der Waals surface area contributed by atoms with Gasteiger partial charge in [-0.2, -0.15) is 0 Å². The van der Waals surface area contributed by atoms with Gasteiger partial charge in [0.1, 0.15) is 17.5 Å². The number of benzene rings is 2. The number of alkyl carbamates (subject to hydrolysis) is 1. The third kappa shape index (κ3) is 11.3. The number of esters is 1. The van der Waals surface area contributed by atoms with Gasteiger partial charge in [0.25, 0.3) is 0 Å². The maximum absolute atomic E-state index is 13.5. The summed E-state index contributed by atoms with van der Waals surface area (Å²) in [6, 6.07) is 15.9. The molecule has 37 heavy (non-hydrogen) atoms. The molecule has 0 radical (unpaired) electrons. The Hall–Kier alpha value is -2.93. The second kappa shape index (κ2) is 14.7. The molecule has 0 heterocycles. The first-order valence-corrected chi connectivity index (χ1v) is 13.0. The van der Waals surface area contributed by atoms with Crippen LogP contribution in [0.25, 0.3) is 0 Å². The number of hydrogen-bond donors (Lipinski definition) is 1. The predicted octanol–water partition coefficient (Wildman–Crippen LogP) is 6.11. The fraction of sp³-hybridized carbons (Fsp3) is 0.533. The number of carbonyl (C=O) groups is 2. The number of amides is 1. The fourth-order valence-electron chi connectivity index (χ4n) is 4.24. The zero-order valence-electron chi connectivity index (χ0n) is 23.0. The van der Waals surface area contributed by atoms with E-state index < -0.39 is 23.7 Å².